The number of para-hydroxylation sites is 3. The number of halogens is 1. The molecule has 1 fully saturated rings. The van der Waals surface area contributed by atoms with Crippen molar-refractivity contribution in [1.29, 1.82) is 0 Å². The second-order valence-corrected chi connectivity index (χ2v) is 6.92. The molecule has 0 saturated carbocycles. The summed E-state index contributed by atoms with van der Waals surface area (Å²) in [5.41, 5.74) is 1.96. The van der Waals surface area contributed by atoms with Crippen LogP contribution in [0.4, 0.5) is 23.0 Å². The lowest BCUT2D eigenvalue weighted by Gasteiger charge is -2.37. The molecule has 1 aliphatic rings. The monoisotopic (exact) mass is 395 g/mol. The van der Waals surface area contributed by atoms with Gasteiger partial charge in [-0.25, -0.2) is 9.97 Å². The minimum absolute atomic E-state index is 0.660. The molecule has 3 aromatic rings. The molecule has 0 radical (unpaired) electrons. The molecule has 1 saturated heterocycles. The maximum Gasteiger partial charge on any atom is 0.142 e. The van der Waals surface area contributed by atoms with E-state index in [1.165, 1.54) is 0 Å². The fourth-order valence-corrected chi connectivity index (χ4v) is 3.54. The van der Waals surface area contributed by atoms with Crippen LogP contribution in [0.15, 0.2) is 60.9 Å². The second kappa shape index (κ2) is 8.35. The lowest BCUT2D eigenvalue weighted by Crippen LogP contribution is -2.47. The maximum absolute atomic E-state index is 6.23. The SMILES string of the molecule is COc1ccccc1N1CCN(c2cc(Nc3ccccc3Cl)ncn2)CC1. The van der Waals surface area contributed by atoms with Crippen LogP contribution in [-0.4, -0.2) is 43.3 Å². The van der Waals surface area contributed by atoms with E-state index in [0.29, 0.717) is 5.02 Å². The average Bonchev–Trinajstić information content (AvgIpc) is 2.76. The summed E-state index contributed by atoms with van der Waals surface area (Å²) in [7, 11) is 1.71. The molecular weight excluding hydrogens is 374 g/mol. The average molecular weight is 396 g/mol. The fourth-order valence-electron chi connectivity index (χ4n) is 3.36. The Morgan fingerprint density at radius 3 is 2.43 bits per heavy atom. The fraction of sp³-hybridized carbons (Fsp3) is 0.238. The lowest BCUT2D eigenvalue weighted by atomic mass is 10.2. The summed E-state index contributed by atoms with van der Waals surface area (Å²) in [6.45, 7) is 3.55. The third-order valence-electron chi connectivity index (χ3n) is 4.82. The largest absolute Gasteiger partial charge is 0.495 e. The molecule has 1 aliphatic heterocycles. The molecule has 0 amide bonds. The van der Waals surface area contributed by atoms with Crippen LogP contribution in [-0.2, 0) is 0 Å². The summed E-state index contributed by atoms with van der Waals surface area (Å²) >= 11 is 6.23. The van der Waals surface area contributed by atoms with Gasteiger partial charge in [-0.15, -0.1) is 0 Å². The van der Waals surface area contributed by atoms with Crippen LogP contribution >= 0.6 is 11.6 Å². The van der Waals surface area contributed by atoms with E-state index in [2.05, 4.69) is 31.2 Å². The van der Waals surface area contributed by atoms with E-state index in [1.54, 1.807) is 13.4 Å². The predicted octanol–water partition coefficient (Wildman–Crippen LogP) is 4.21. The molecule has 4 rings (SSSR count). The van der Waals surface area contributed by atoms with E-state index in [4.69, 9.17) is 16.3 Å². The van der Waals surface area contributed by atoms with Gasteiger partial charge in [0.25, 0.3) is 0 Å². The summed E-state index contributed by atoms with van der Waals surface area (Å²) < 4.78 is 5.50. The van der Waals surface area contributed by atoms with Crippen molar-refractivity contribution in [2.45, 2.75) is 0 Å². The van der Waals surface area contributed by atoms with Crippen LogP contribution in [0.3, 0.4) is 0 Å². The molecule has 0 atom stereocenters. The van der Waals surface area contributed by atoms with Crippen molar-refractivity contribution in [2.24, 2.45) is 0 Å². The molecule has 2 heterocycles. The molecule has 0 aliphatic carbocycles. The van der Waals surface area contributed by atoms with E-state index in [1.807, 2.05) is 48.5 Å². The minimum Gasteiger partial charge on any atom is -0.495 e. The maximum atomic E-state index is 6.23. The first-order valence-electron chi connectivity index (χ1n) is 9.21. The molecule has 0 unspecified atom stereocenters. The van der Waals surface area contributed by atoms with Gasteiger partial charge in [0.15, 0.2) is 0 Å². The van der Waals surface area contributed by atoms with Crippen molar-refractivity contribution in [3.8, 4) is 5.75 Å². The first kappa shape index (κ1) is 18.4. The molecule has 144 valence electrons. The van der Waals surface area contributed by atoms with Gasteiger partial charge in [0.2, 0.25) is 0 Å². The van der Waals surface area contributed by atoms with E-state index in [-0.39, 0.29) is 0 Å². The van der Waals surface area contributed by atoms with Gasteiger partial charge in [0.05, 0.1) is 23.5 Å². The van der Waals surface area contributed by atoms with Gasteiger partial charge >= 0.3 is 0 Å². The first-order chi connectivity index (χ1) is 13.7. The molecule has 1 N–H and O–H groups in total. The van der Waals surface area contributed by atoms with Gasteiger partial charge in [-0.1, -0.05) is 35.9 Å². The Morgan fingerprint density at radius 1 is 0.929 bits per heavy atom. The zero-order chi connectivity index (χ0) is 19.3. The van der Waals surface area contributed by atoms with Crippen LogP contribution in [0.5, 0.6) is 5.75 Å². The van der Waals surface area contributed by atoms with Gasteiger partial charge in [-0.2, -0.15) is 0 Å². The van der Waals surface area contributed by atoms with Crippen molar-refractivity contribution in [3.05, 3.63) is 65.9 Å². The first-order valence-corrected chi connectivity index (χ1v) is 9.59. The van der Waals surface area contributed by atoms with Gasteiger partial charge in [0.1, 0.15) is 23.7 Å². The molecular formula is C21H22ClN5O. The third-order valence-corrected chi connectivity index (χ3v) is 5.15. The number of piperazine rings is 1. The Labute approximate surface area is 169 Å². The van der Waals surface area contributed by atoms with Gasteiger partial charge in [-0.05, 0) is 24.3 Å². The standard InChI is InChI=1S/C21H22ClN5O/c1-28-19-9-5-4-8-18(19)26-10-12-27(13-11-26)21-14-20(23-15-24-21)25-17-7-3-2-6-16(17)22/h2-9,14-15H,10-13H2,1H3,(H,23,24,25). The third kappa shape index (κ3) is 3.97. The Hall–Kier alpha value is -2.99. The van der Waals surface area contributed by atoms with Crippen molar-refractivity contribution in [2.75, 3.05) is 48.4 Å². The zero-order valence-electron chi connectivity index (χ0n) is 15.7. The van der Waals surface area contributed by atoms with E-state index >= 15 is 0 Å². The van der Waals surface area contributed by atoms with E-state index in [0.717, 1.165) is 54.9 Å². The quantitative estimate of drug-likeness (QED) is 0.698. The van der Waals surface area contributed by atoms with Crippen LogP contribution < -0.4 is 19.9 Å². The summed E-state index contributed by atoms with van der Waals surface area (Å²) in [4.78, 5) is 13.4. The lowest BCUT2D eigenvalue weighted by molar-refractivity contribution is 0.413. The Bertz CT molecular complexity index is 943. The smallest absolute Gasteiger partial charge is 0.142 e. The Balaban J connectivity index is 1.44. The van der Waals surface area contributed by atoms with E-state index in [9.17, 15) is 0 Å². The van der Waals surface area contributed by atoms with Crippen molar-refractivity contribution < 1.29 is 4.74 Å². The number of methoxy groups -OCH3 is 1. The number of hydrogen-bond donors (Lipinski definition) is 1. The zero-order valence-corrected chi connectivity index (χ0v) is 16.4. The molecule has 1 aromatic heterocycles. The predicted molar refractivity (Wildman–Crippen MR) is 114 cm³/mol. The number of ether oxygens (including phenoxy) is 1. The highest BCUT2D eigenvalue weighted by atomic mass is 35.5. The van der Waals surface area contributed by atoms with Crippen molar-refractivity contribution >= 4 is 34.6 Å². The molecule has 6 nitrogen and oxygen atoms in total. The highest BCUT2D eigenvalue weighted by Crippen LogP contribution is 2.29. The highest BCUT2D eigenvalue weighted by Gasteiger charge is 2.20. The Kier molecular flexibility index (Phi) is 5.48. The van der Waals surface area contributed by atoms with Gasteiger partial charge < -0.3 is 19.9 Å². The van der Waals surface area contributed by atoms with Crippen LogP contribution in [0.1, 0.15) is 0 Å². The second-order valence-electron chi connectivity index (χ2n) is 6.51. The number of aromatic nitrogens is 2. The minimum atomic E-state index is 0.660. The molecule has 0 spiro atoms. The normalized spacial score (nSPS) is 14.1. The van der Waals surface area contributed by atoms with Crippen LogP contribution in [0.25, 0.3) is 0 Å². The van der Waals surface area contributed by atoms with Gasteiger partial charge in [-0.3, -0.25) is 0 Å². The summed E-state index contributed by atoms with van der Waals surface area (Å²) in [6.07, 6.45) is 1.58. The Morgan fingerprint density at radius 2 is 1.64 bits per heavy atom. The van der Waals surface area contributed by atoms with E-state index < -0.39 is 0 Å². The number of nitrogens with zero attached hydrogens (tertiary/aromatic N) is 4. The molecule has 2 aromatic carbocycles. The van der Waals surface area contributed by atoms with Crippen LogP contribution in [0, 0.1) is 0 Å². The van der Waals surface area contributed by atoms with Crippen molar-refractivity contribution in [1.82, 2.24) is 9.97 Å². The van der Waals surface area contributed by atoms with Crippen LogP contribution in [0.2, 0.25) is 5.02 Å². The summed E-state index contributed by atoms with van der Waals surface area (Å²) in [5, 5.41) is 3.92. The summed E-state index contributed by atoms with van der Waals surface area (Å²) in [5.74, 6) is 2.54. The van der Waals surface area contributed by atoms with Crippen molar-refractivity contribution in [3.63, 3.8) is 0 Å². The molecule has 0 bridgehead atoms. The number of hydrogen-bond acceptors (Lipinski definition) is 6. The highest BCUT2D eigenvalue weighted by molar-refractivity contribution is 6.33. The topological polar surface area (TPSA) is 53.5 Å². The number of benzene rings is 2. The number of nitrogens with one attached hydrogen (secondary N) is 1. The molecule has 7 heteroatoms. The number of anilines is 4. The summed E-state index contributed by atoms with van der Waals surface area (Å²) in [6, 6.07) is 17.7. The van der Waals surface area contributed by atoms with Gasteiger partial charge in [0, 0.05) is 32.2 Å². The number of rotatable bonds is 5. The molecule has 28 heavy (non-hydrogen) atoms.